The summed E-state index contributed by atoms with van der Waals surface area (Å²) >= 11 is 0. The maximum Gasteiger partial charge on any atom is 0.240 e. The zero-order valence-corrected chi connectivity index (χ0v) is 10.1. The highest BCUT2D eigenvalue weighted by Crippen LogP contribution is 2.38. The van der Waals surface area contributed by atoms with Crippen LogP contribution in [-0.4, -0.2) is 36.0 Å². The Labute approximate surface area is 97.6 Å². The SMILES string of the molecule is CC1CCCN1C(=O)C1NCC2CCCC21. The van der Waals surface area contributed by atoms with Crippen molar-refractivity contribution in [2.75, 3.05) is 13.1 Å². The van der Waals surface area contributed by atoms with E-state index in [2.05, 4.69) is 17.1 Å². The number of carbonyl (C=O) groups is 1. The van der Waals surface area contributed by atoms with Gasteiger partial charge in [0, 0.05) is 12.6 Å². The minimum atomic E-state index is 0.146. The van der Waals surface area contributed by atoms with Crippen LogP contribution in [0.15, 0.2) is 0 Å². The lowest BCUT2D eigenvalue weighted by Crippen LogP contribution is -2.47. The van der Waals surface area contributed by atoms with Gasteiger partial charge in [-0.3, -0.25) is 4.79 Å². The smallest absolute Gasteiger partial charge is 0.240 e. The Hall–Kier alpha value is -0.570. The maximum atomic E-state index is 12.5. The number of amides is 1. The van der Waals surface area contributed by atoms with Crippen molar-refractivity contribution in [3.8, 4) is 0 Å². The Bertz CT molecular complexity index is 292. The van der Waals surface area contributed by atoms with Crippen LogP contribution >= 0.6 is 0 Å². The van der Waals surface area contributed by atoms with Gasteiger partial charge in [0.05, 0.1) is 6.04 Å². The standard InChI is InChI=1S/C13H22N2O/c1-9-4-3-7-15(9)13(16)12-11-6-2-5-10(11)8-14-12/h9-12,14H,2-8H2,1H3. The van der Waals surface area contributed by atoms with Crippen LogP contribution in [-0.2, 0) is 4.79 Å². The number of nitrogens with one attached hydrogen (secondary N) is 1. The Morgan fingerprint density at radius 3 is 2.88 bits per heavy atom. The molecule has 0 bridgehead atoms. The maximum absolute atomic E-state index is 12.5. The van der Waals surface area contributed by atoms with Crippen molar-refractivity contribution in [3.05, 3.63) is 0 Å². The van der Waals surface area contributed by atoms with Gasteiger partial charge in [0.15, 0.2) is 0 Å². The first kappa shape index (κ1) is 10.6. The van der Waals surface area contributed by atoms with E-state index in [-0.39, 0.29) is 6.04 Å². The molecule has 0 radical (unpaired) electrons. The van der Waals surface area contributed by atoms with Crippen molar-refractivity contribution in [2.24, 2.45) is 11.8 Å². The predicted octanol–water partition coefficient (Wildman–Crippen LogP) is 1.39. The normalized spacial score (nSPS) is 42.7. The van der Waals surface area contributed by atoms with Gasteiger partial charge in [-0.2, -0.15) is 0 Å². The van der Waals surface area contributed by atoms with Crippen molar-refractivity contribution in [1.82, 2.24) is 10.2 Å². The molecule has 1 amide bonds. The summed E-state index contributed by atoms with van der Waals surface area (Å²) in [6, 6.07) is 0.614. The highest BCUT2D eigenvalue weighted by Gasteiger charge is 2.44. The summed E-state index contributed by atoms with van der Waals surface area (Å²) in [6.07, 6.45) is 6.30. The molecule has 3 fully saturated rings. The average molecular weight is 222 g/mol. The van der Waals surface area contributed by atoms with Gasteiger partial charge in [-0.15, -0.1) is 0 Å². The average Bonchev–Trinajstić information content (AvgIpc) is 2.90. The summed E-state index contributed by atoms with van der Waals surface area (Å²) in [4.78, 5) is 14.6. The van der Waals surface area contributed by atoms with Crippen molar-refractivity contribution < 1.29 is 4.79 Å². The van der Waals surface area contributed by atoms with E-state index >= 15 is 0 Å². The van der Waals surface area contributed by atoms with Gasteiger partial charge in [-0.1, -0.05) is 6.42 Å². The molecule has 3 nitrogen and oxygen atoms in total. The Morgan fingerprint density at radius 1 is 1.25 bits per heavy atom. The van der Waals surface area contributed by atoms with Crippen LogP contribution in [0.25, 0.3) is 0 Å². The molecule has 2 heterocycles. The van der Waals surface area contributed by atoms with Crippen LogP contribution in [0.5, 0.6) is 0 Å². The van der Waals surface area contributed by atoms with Crippen LogP contribution in [0.1, 0.15) is 39.0 Å². The van der Waals surface area contributed by atoms with Crippen molar-refractivity contribution in [2.45, 2.75) is 51.1 Å². The lowest BCUT2D eigenvalue weighted by Gasteiger charge is -2.27. The third-order valence-corrected chi connectivity index (χ3v) is 4.85. The van der Waals surface area contributed by atoms with Crippen LogP contribution < -0.4 is 5.32 Å². The molecule has 4 unspecified atom stereocenters. The topological polar surface area (TPSA) is 32.3 Å². The van der Waals surface area contributed by atoms with Crippen molar-refractivity contribution in [3.63, 3.8) is 0 Å². The molecule has 2 aliphatic heterocycles. The largest absolute Gasteiger partial charge is 0.339 e. The third kappa shape index (κ3) is 1.56. The molecule has 1 N–H and O–H groups in total. The number of hydrogen-bond acceptors (Lipinski definition) is 2. The molecule has 3 rings (SSSR count). The zero-order chi connectivity index (χ0) is 11.1. The van der Waals surface area contributed by atoms with Crippen molar-refractivity contribution in [1.29, 1.82) is 0 Å². The molecule has 1 aliphatic carbocycles. The van der Waals surface area contributed by atoms with Gasteiger partial charge in [0.2, 0.25) is 5.91 Å². The molecule has 0 spiro atoms. The highest BCUT2D eigenvalue weighted by molar-refractivity contribution is 5.83. The first-order chi connectivity index (χ1) is 7.77. The summed E-state index contributed by atoms with van der Waals surface area (Å²) in [7, 11) is 0. The van der Waals surface area contributed by atoms with E-state index in [4.69, 9.17) is 0 Å². The summed E-state index contributed by atoms with van der Waals surface area (Å²) in [5.74, 6) is 1.81. The molecular formula is C13H22N2O. The summed E-state index contributed by atoms with van der Waals surface area (Å²) in [5, 5.41) is 3.46. The van der Waals surface area contributed by atoms with Gasteiger partial charge in [-0.25, -0.2) is 0 Å². The number of hydrogen-bond donors (Lipinski definition) is 1. The van der Waals surface area contributed by atoms with Gasteiger partial charge in [-0.05, 0) is 51.0 Å². The second kappa shape index (κ2) is 4.02. The lowest BCUT2D eigenvalue weighted by atomic mass is 9.93. The Morgan fingerprint density at radius 2 is 2.12 bits per heavy atom. The molecular weight excluding hydrogens is 200 g/mol. The Kier molecular flexibility index (Phi) is 2.66. The molecule has 16 heavy (non-hydrogen) atoms. The zero-order valence-electron chi connectivity index (χ0n) is 10.1. The number of carbonyl (C=O) groups excluding carboxylic acids is 1. The second-order valence-electron chi connectivity index (χ2n) is 5.76. The van der Waals surface area contributed by atoms with Gasteiger partial charge >= 0.3 is 0 Å². The van der Waals surface area contributed by atoms with Crippen LogP contribution in [0, 0.1) is 11.8 Å². The van der Waals surface area contributed by atoms with Crippen LogP contribution in [0.4, 0.5) is 0 Å². The molecule has 90 valence electrons. The molecule has 2 saturated heterocycles. The molecule has 3 heteroatoms. The highest BCUT2D eigenvalue weighted by atomic mass is 16.2. The summed E-state index contributed by atoms with van der Waals surface area (Å²) < 4.78 is 0. The Balaban J connectivity index is 1.70. The molecule has 0 aromatic heterocycles. The summed E-state index contributed by atoms with van der Waals surface area (Å²) in [6.45, 7) is 4.24. The van der Waals surface area contributed by atoms with E-state index in [9.17, 15) is 4.79 Å². The molecule has 0 aromatic rings. The minimum Gasteiger partial charge on any atom is -0.339 e. The molecule has 1 saturated carbocycles. The van der Waals surface area contributed by atoms with E-state index in [0.29, 0.717) is 17.9 Å². The molecule has 4 atom stereocenters. The molecule has 3 aliphatic rings. The van der Waals surface area contributed by atoms with E-state index < -0.39 is 0 Å². The predicted molar refractivity (Wildman–Crippen MR) is 63.0 cm³/mol. The molecule has 0 aromatic carbocycles. The third-order valence-electron chi connectivity index (χ3n) is 4.85. The fourth-order valence-corrected chi connectivity index (χ4v) is 3.90. The second-order valence-corrected chi connectivity index (χ2v) is 5.76. The van der Waals surface area contributed by atoms with Gasteiger partial charge in [0.1, 0.15) is 0 Å². The van der Waals surface area contributed by atoms with E-state index in [0.717, 1.165) is 19.0 Å². The first-order valence-corrected chi connectivity index (χ1v) is 6.81. The lowest BCUT2D eigenvalue weighted by molar-refractivity contribution is -0.134. The minimum absolute atomic E-state index is 0.146. The van der Waals surface area contributed by atoms with Gasteiger partial charge < -0.3 is 10.2 Å². The first-order valence-electron chi connectivity index (χ1n) is 6.81. The van der Waals surface area contributed by atoms with Crippen LogP contribution in [0.3, 0.4) is 0 Å². The van der Waals surface area contributed by atoms with Gasteiger partial charge in [0.25, 0.3) is 0 Å². The van der Waals surface area contributed by atoms with Crippen molar-refractivity contribution >= 4 is 5.91 Å². The van der Waals surface area contributed by atoms with E-state index in [1.165, 1.54) is 32.1 Å². The number of rotatable bonds is 1. The monoisotopic (exact) mass is 222 g/mol. The number of nitrogens with zero attached hydrogens (tertiary/aromatic N) is 1. The summed E-state index contributed by atoms with van der Waals surface area (Å²) in [5.41, 5.74) is 0. The van der Waals surface area contributed by atoms with E-state index in [1.807, 2.05) is 0 Å². The number of likely N-dealkylation sites (tertiary alicyclic amines) is 1. The quantitative estimate of drug-likeness (QED) is 0.727. The van der Waals surface area contributed by atoms with Crippen LogP contribution in [0.2, 0.25) is 0 Å². The fourth-order valence-electron chi connectivity index (χ4n) is 3.90. The number of fused-ring (bicyclic) bond motifs is 1. The van der Waals surface area contributed by atoms with E-state index in [1.54, 1.807) is 0 Å². The fraction of sp³-hybridized carbons (Fsp3) is 0.923.